The van der Waals surface area contributed by atoms with Crippen LogP contribution in [-0.2, 0) is 10.0 Å². The van der Waals surface area contributed by atoms with Crippen LogP contribution >= 0.6 is 15.9 Å². The molecule has 1 fully saturated rings. The van der Waals surface area contributed by atoms with Crippen LogP contribution in [0.3, 0.4) is 0 Å². The molecular formula is C13H19BrN2O3S. The van der Waals surface area contributed by atoms with Crippen molar-refractivity contribution in [2.45, 2.75) is 17.4 Å². The lowest BCUT2D eigenvalue weighted by Gasteiger charge is -2.21. The number of nitrogens with zero attached hydrogens (tertiary/aromatic N) is 2. The van der Waals surface area contributed by atoms with Gasteiger partial charge in [0.05, 0.1) is 7.11 Å². The summed E-state index contributed by atoms with van der Waals surface area (Å²) in [6.07, 6.45) is 0.852. The van der Waals surface area contributed by atoms with E-state index in [1.807, 2.05) is 14.1 Å². The van der Waals surface area contributed by atoms with Gasteiger partial charge in [0, 0.05) is 23.6 Å². The SMILES string of the molecule is COc1cc(Br)ccc1S(=O)(=O)N1CC[C@@H](N(C)C)C1. The molecule has 0 unspecified atom stereocenters. The second-order valence-electron chi connectivity index (χ2n) is 5.06. The zero-order valence-electron chi connectivity index (χ0n) is 11.8. The fourth-order valence-electron chi connectivity index (χ4n) is 2.34. The Balaban J connectivity index is 2.32. The highest BCUT2D eigenvalue weighted by atomic mass is 79.9. The van der Waals surface area contributed by atoms with Gasteiger partial charge in [-0.3, -0.25) is 0 Å². The normalized spacial score (nSPS) is 20.6. The quantitative estimate of drug-likeness (QED) is 0.819. The number of hydrogen-bond acceptors (Lipinski definition) is 4. The zero-order chi connectivity index (χ0) is 14.9. The molecule has 1 aromatic carbocycles. The summed E-state index contributed by atoms with van der Waals surface area (Å²) in [7, 11) is 1.92. The van der Waals surface area contributed by atoms with Crippen molar-refractivity contribution in [2.75, 3.05) is 34.3 Å². The van der Waals surface area contributed by atoms with Crippen LogP contribution in [-0.4, -0.2) is 58.0 Å². The number of ether oxygens (including phenoxy) is 1. The van der Waals surface area contributed by atoms with E-state index < -0.39 is 10.0 Å². The van der Waals surface area contributed by atoms with E-state index in [1.165, 1.54) is 11.4 Å². The van der Waals surface area contributed by atoms with Crippen molar-refractivity contribution in [3.05, 3.63) is 22.7 Å². The van der Waals surface area contributed by atoms with Crippen LogP contribution < -0.4 is 4.74 Å². The molecule has 1 heterocycles. The fraction of sp³-hybridized carbons (Fsp3) is 0.538. The molecule has 1 saturated heterocycles. The fourth-order valence-corrected chi connectivity index (χ4v) is 4.31. The minimum absolute atomic E-state index is 0.225. The molecule has 0 aliphatic carbocycles. The van der Waals surface area contributed by atoms with E-state index in [9.17, 15) is 8.42 Å². The first kappa shape index (κ1) is 15.8. The Morgan fingerprint density at radius 2 is 2.10 bits per heavy atom. The molecular weight excluding hydrogens is 344 g/mol. The summed E-state index contributed by atoms with van der Waals surface area (Å²) in [4.78, 5) is 2.29. The summed E-state index contributed by atoms with van der Waals surface area (Å²) in [5, 5.41) is 0. The van der Waals surface area contributed by atoms with Gasteiger partial charge in [-0.15, -0.1) is 0 Å². The van der Waals surface area contributed by atoms with E-state index in [0.29, 0.717) is 18.8 Å². The van der Waals surface area contributed by atoms with Gasteiger partial charge >= 0.3 is 0 Å². The lowest BCUT2D eigenvalue weighted by atomic mass is 10.2. The zero-order valence-corrected chi connectivity index (χ0v) is 14.2. The van der Waals surface area contributed by atoms with Gasteiger partial charge in [-0.05, 0) is 38.7 Å². The summed E-state index contributed by atoms with van der Waals surface area (Å²) < 4.78 is 32.9. The summed E-state index contributed by atoms with van der Waals surface area (Å²) >= 11 is 3.32. The Bertz CT molecular complexity index is 589. The molecule has 0 N–H and O–H groups in total. The number of benzene rings is 1. The average Bonchev–Trinajstić information content (AvgIpc) is 2.88. The molecule has 5 nitrogen and oxygen atoms in total. The molecule has 0 amide bonds. The molecule has 112 valence electrons. The molecule has 0 bridgehead atoms. The molecule has 0 radical (unpaired) electrons. The number of sulfonamides is 1. The maximum atomic E-state index is 12.7. The van der Waals surface area contributed by atoms with Crippen molar-refractivity contribution in [1.29, 1.82) is 0 Å². The van der Waals surface area contributed by atoms with Gasteiger partial charge in [0.2, 0.25) is 10.0 Å². The van der Waals surface area contributed by atoms with Crippen LogP contribution in [0, 0.1) is 0 Å². The second kappa shape index (κ2) is 6.01. The summed E-state index contributed by atoms with van der Waals surface area (Å²) in [5.74, 6) is 0.368. The molecule has 20 heavy (non-hydrogen) atoms. The third kappa shape index (κ3) is 3.00. The Morgan fingerprint density at radius 3 is 2.65 bits per heavy atom. The Labute approximate surface area is 128 Å². The minimum atomic E-state index is -3.50. The molecule has 1 aliphatic rings. The lowest BCUT2D eigenvalue weighted by molar-refractivity contribution is 0.302. The highest BCUT2D eigenvalue weighted by Gasteiger charge is 2.34. The molecule has 0 spiro atoms. The largest absolute Gasteiger partial charge is 0.495 e. The van der Waals surface area contributed by atoms with Gasteiger partial charge in [0.25, 0.3) is 0 Å². The summed E-state index contributed by atoms with van der Waals surface area (Å²) in [6, 6.07) is 5.24. The summed E-state index contributed by atoms with van der Waals surface area (Å²) in [6.45, 7) is 1.07. The van der Waals surface area contributed by atoms with Crippen LogP contribution in [0.5, 0.6) is 5.75 Å². The van der Waals surface area contributed by atoms with Gasteiger partial charge in [0.1, 0.15) is 10.6 Å². The summed E-state index contributed by atoms with van der Waals surface area (Å²) in [5.41, 5.74) is 0. The van der Waals surface area contributed by atoms with Crippen LogP contribution in [0.1, 0.15) is 6.42 Å². The first-order valence-electron chi connectivity index (χ1n) is 6.36. The monoisotopic (exact) mass is 362 g/mol. The molecule has 1 atom stereocenters. The average molecular weight is 363 g/mol. The number of likely N-dealkylation sites (N-methyl/N-ethyl adjacent to an activating group) is 1. The Hall–Kier alpha value is -0.630. The van der Waals surface area contributed by atoms with Gasteiger partial charge in [0.15, 0.2) is 0 Å². The smallest absolute Gasteiger partial charge is 0.246 e. The van der Waals surface area contributed by atoms with Crippen molar-refractivity contribution < 1.29 is 13.2 Å². The molecule has 1 aromatic rings. The van der Waals surface area contributed by atoms with E-state index >= 15 is 0 Å². The maximum Gasteiger partial charge on any atom is 0.246 e. The third-order valence-corrected chi connectivity index (χ3v) is 6.00. The Morgan fingerprint density at radius 1 is 1.40 bits per heavy atom. The first-order valence-corrected chi connectivity index (χ1v) is 8.59. The van der Waals surface area contributed by atoms with Crippen LogP contribution in [0.4, 0.5) is 0 Å². The lowest BCUT2D eigenvalue weighted by Crippen LogP contribution is -2.34. The predicted molar refractivity (Wildman–Crippen MR) is 81.5 cm³/mol. The predicted octanol–water partition coefficient (Wildman–Crippen LogP) is 1.78. The Kier molecular flexibility index (Phi) is 4.73. The molecule has 1 aliphatic heterocycles. The molecule has 7 heteroatoms. The van der Waals surface area contributed by atoms with Crippen LogP contribution in [0.25, 0.3) is 0 Å². The van der Waals surface area contributed by atoms with E-state index in [2.05, 4.69) is 20.8 Å². The topological polar surface area (TPSA) is 49.9 Å². The van der Waals surface area contributed by atoms with E-state index in [1.54, 1.807) is 18.2 Å². The third-order valence-electron chi connectivity index (χ3n) is 3.60. The van der Waals surface area contributed by atoms with Gasteiger partial charge in [-0.2, -0.15) is 4.31 Å². The molecule has 2 rings (SSSR count). The van der Waals surface area contributed by atoms with E-state index in [4.69, 9.17) is 4.74 Å². The number of methoxy groups -OCH3 is 1. The van der Waals surface area contributed by atoms with Crippen molar-refractivity contribution >= 4 is 26.0 Å². The van der Waals surface area contributed by atoms with Gasteiger partial charge in [-0.25, -0.2) is 8.42 Å². The number of hydrogen-bond donors (Lipinski definition) is 0. The maximum absolute atomic E-state index is 12.7. The standard InChI is InChI=1S/C13H19BrN2O3S/c1-15(2)11-6-7-16(9-11)20(17,18)13-5-4-10(14)8-12(13)19-3/h4-5,8,11H,6-7,9H2,1-3H3/t11-/m1/s1. The van der Waals surface area contributed by atoms with Crippen molar-refractivity contribution in [3.63, 3.8) is 0 Å². The van der Waals surface area contributed by atoms with Crippen molar-refractivity contribution in [1.82, 2.24) is 9.21 Å². The van der Waals surface area contributed by atoms with Crippen LogP contribution in [0.2, 0.25) is 0 Å². The number of rotatable bonds is 4. The van der Waals surface area contributed by atoms with Gasteiger partial charge in [-0.1, -0.05) is 15.9 Å². The number of halogens is 1. The van der Waals surface area contributed by atoms with Crippen molar-refractivity contribution in [3.8, 4) is 5.75 Å². The minimum Gasteiger partial charge on any atom is -0.495 e. The molecule has 0 saturated carbocycles. The molecule has 0 aromatic heterocycles. The van der Waals surface area contributed by atoms with Crippen molar-refractivity contribution in [2.24, 2.45) is 0 Å². The van der Waals surface area contributed by atoms with Crippen LogP contribution in [0.15, 0.2) is 27.6 Å². The van der Waals surface area contributed by atoms with Gasteiger partial charge < -0.3 is 9.64 Å². The highest BCUT2D eigenvalue weighted by Crippen LogP contribution is 2.31. The highest BCUT2D eigenvalue weighted by molar-refractivity contribution is 9.10. The first-order chi connectivity index (χ1) is 9.36. The second-order valence-corrected chi connectivity index (χ2v) is 7.89. The van der Waals surface area contributed by atoms with E-state index in [-0.39, 0.29) is 10.9 Å². The van der Waals surface area contributed by atoms with E-state index in [0.717, 1.165) is 10.9 Å².